The molecule has 0 aliphatic heterocycles. The monoisotopic (exact) mass is 249 g/mol. The van der Waals surface area contributed by atoms with E-state index in [1.807, 2.05) is 0 Å². The molecule has 1 unspecified atom stereocenters. The zero-order valence-corrected chi connectivity index (χ0v) is 10.3. The molecule has 0 fully saturated rings. The molecule has 67 valence electrons. The van der Waals surface area contributed by atoms with Gasteiger partial charge in [-0.15, -0.1) is 6.92 Å². The Bertz CT molecular complexity index is 195. The Labute approximate surface area is 92.0 Å². The Kier molecular flexibility index (Phi) is 10.1. The Hall–Kier alpha value is 0.223. The van der Waals surface area contributed by atoms with Gasteiger partial charge in [-0.1, -0.05) is 26.7 Å². The van der Waals surface area contributed by atoms with E-state index in [2.05, 4.69) is 33.8 Å². The van der Waals surface area contributed by atoms with Crippen molar-refractivity contribution in [2.75, 3.05) is 0 Å². The van der Waals surface area contributed by atoms with Crippen LogP contribution in [-0.2, 0) is 26.2 Å². The number of hydrogen-bond donors (Lipinski definition) is 0. The van der Waals surface area contributed by atoms with Crippen LogP contribution in [0, 0.1) is 12.0 Å². The Balaban J connectivity index is -0.000000270. The molecule has 0 aromatic carbocycles. The van der Waals surface area contributed by atoms with Crippen LogP contribution in [0.25, 0.3) is 0 Å². The SMILES string of the molecule is CC1=[C-]C(C)C(C)=C1C.[F-].[F-].[Zr+3]. The van der Waals surface area contributed by atoms with Crippen LogP contribution in [0.1, 0.15) is 27.7 Å². The fourth-order valence-corrected chi connectivity index (χ4v) is 1.16. The number of allylic oxidation sites excluding steroid dienone is 4. The molecular weight excluding hydrogens is 237 g/mol. The second-order valence-electron chi connectivity index (χ2n) is 2.80. The molecule has 1 aliphatic carbocycles. The third-order valence-corrected chi connectivity index (χ3v) is 2.24. The van der Waals surface area contributed by atoms with E-state index >= 15 is 0 Å². The summed E-state index contributed by atoms with van der Waals surface area (Å²) in [4.78, 5) is 0. The van der Waals surface area contributed by atoms with Gasteiger partial charge in [-0.2, -0.15) is 11.1 Å². The first-order chi connectivity index (χ1) is 4.13. The summed E-state index contributed by atoms with van der Waals surface area (Å²) in [6.07, 6.45) is 3.36. The number of hydrogen-bond acceptors (Lipinski definition) is 0. The quantitative estimate of drug-likeness (QED) is 0.396. The molecule has 0 saturated carbocycles. The zero-order chi connectivity index (χ0) is 7.02. The number of halogens is 2. The first-order valence-corrected chi connectivity index (χ1v) is 3.40. The molecule has 1 aliphatic rings. The molecule has 1 atom stereocenters. The van der Waals surface area contributed by atoms with Crippen molar-refractivity contribution in [2.24, 2.45) is 5.92 Å². The van der Waals surface area contributed by atoms with E-state index in [-0.39, 0.29) is 35.6 Å². The van der Waals surface area contributed by atoms with Gasteiger partial charge >= 0.3 is 26.2 Å². The predicted octanol–water partition coefficient (Wildman–Crippen LogP) is -3.27. The van der Waals surface area contributed by atoms with Gasteiger partial charge < -0.3 is 9.41 Å². The second-order valence-corrected chi connectivity index (χ2v) is 2.80. The minimum Gasteiger partial charge on any atom is -1.00 e. The van der Waals surface area contributed by atoms with Crippen molar-refractivity contribution in [3.05, 3.63) is 22.8 Å². The third-order valence-electron chi connectivity index (χ3n) is 2.24. The Morgan fingerprint density at radius 2 is 1.50 bits per heavy atom. The molecule has 0 nitrogen and oxygen atoms in total. The molecule has 0 amide bonds. The normalized spacial score (nSPS) is 20.3. The maximum atomic E-state index is 3.36. The zero-order valence-electron chi connectivity index (χ0n) is 7.83. The van der Waals surface area contributed by atoms with E-state index in [1.165, 1.54) is 16.7 Å². The van der Waals surface area contributed by atoms with Crippen molar-refractivity contribution in [3.63, 3.8) is 0 Å². The third kappa shape index (κ3) is 3.30. The summed E-state index contributed by atoms with van der Waals surface area (Å²) >= 11 is 0. The fraction of sp³-hybridized carbons (Fsp3) is 0.556. The molecule has 0 aromatic rings. The van der Waals surface area contributed by atoms with E-state index in [4.69, 9.17) is 0 Å². The van der Waals surface area contributed by atoms with Crippen LogP contribution in [0.5, 0.6) is 0 Å². The molecule has 0 saturated heterocycles. The van der Waals surface area contributed by atoms with Crippen molar-refractivity contribution >= 4 is 0 Å². The minimum atomic E-state index is 0. The summed E-state index contributed by atoms with van der Waals surface area (Å²) in [6, 6.07) is 0. The van der Waals surface area contributed by atoms with Crippen LogP contribution in [0.4, 0.5) is 0 Å². The van der Waals surface area contributed by atoms with Gasteiger partial charge in [0.1, 0.15) is 0 Å². The van der Waals surface area contributed by atoms with Crippen LogP contribution in [-0.4, -0.2) is 0 Å². The molecule has 3 heteroatoms. The summed E-state index contributed by atoms with van der Waals surface area (Å²) in [5.74, 6) is 0.560. The molecule has 0 N–H and O–H groups in total. The number of rotatable bonds is 0. The van der Waals surface area contributed by atoms with Gasteiger partial charge in [0, 0.05) is 0 Å². The van der Waals surface area contributed by atoms with Crippen LogP contribution in [0.2, 0.25) is 0 Å². The molecule has 0 heterocycles. The van der Waals surface area contributed by atoms with Gasteiger partial charge in [0.05, 0.1) is 0 Å². The van der Waals surface area contributed by atoms with Gasteiger partial charge in [-0.05, 0) is 0 Å². The van der Waals surface area contributed by atoms with Gasteiger partial charge in [0.25, 0.3) is 0 Å². The smallest absolute Gasteiger partial charge is 1.00 e. The average Bonchev–Trinajstić information content (AvgIpc) is 1.98. The van der Waals surface area contributed by atoms with Gasteiger partial charge in [-0.25, -0.2) is 5.57 Å². The summed E-state index contributed by atoms with van der Waals surface area (Å²) < 4.78 is 0. The molecule has 1 radical (unpaired) electrons. The maximum Gasteiger partial charge on any atom is 3.00 e. The average molecular weight is 250 g/mol. The fourth-order valence-electron chi connectivity index (χ4n) is 1.16. The van der Waals surface area contributed by atoms with Crippen LogP contribution in [0.3, 0.4) is 0 Å². The van der Waals surface area contributed by atoms with Crippen molar-refractivity contribution in [3.8, 4) is 0 Å². The van der Waals surface area contributed by atoms with Crippen LogP contribution < -0.4 is 9.41 Å². The topological polar surface area (TPSA) is 0 Å². The van der Waals surface area contributed by atoms with Crippen molar-refractivity contribution in [2.45, 2.75) is 27.7 Å². The molecular formula is C9H13F2Zr. The maximum absolute atomic E-state index is 3.36. The molecule has 0 aromatic heterocycles. The van der Waals surface area contributed by atoms with Crippen molar-refractivity contribution in [1.29, 1.82) is 0 Å². The minimum absolute atomic E-state index is 0. The Morgan fingerprint density at radius 3 is 1.58 bits per heavy atom. The van der Waals surface area contributed by atoms with E-state index in [9.17, 15) is 0 Å². The summed E-state index contributed by atoms with van der Waals surface area (Å²) in [5.41, 5.74) is 4.25. The molecule has 0 bridgehead atoms. The van der Waals surface area contributed by atoms with Crippen molar-refractivity contribution in [1.82, 2.24) is 0 Å². The Morgan fingerprint density at radius 1 is 1.08 bits per heavy atom. The van der Waals surface area contributed by atoms with Gasteiger partial charge in [-0.3, -0.25) is 6.08 Å². The molecule has 1 rings (SSSR count). The van der Waals surface area contributed by atoms with E-state index in [0.29, 0.717) is 5.92 Å². The summed E-state index contributed by atoms with van der Waals surface area (Å²) in [6.45, 7) is 8.67. The second kappa shape index (κ2) is 6.71. The first-order valence-electron chi connectivity index (χ1n) is 3.40. The van der Waals surface area contributed by atoms with Crippen LogP contribution in [0.15, 0.2) is 16.7 Å². The first kappa shape index (κ1) is 18.1. The molecule has 12 heavy (non-hydrogen) atoms. The van der Waals surface area contributed by atoms with Crippen LogP contribution >= 0.6 is 0 Å². The van der Waals surface area contributed by atoms with Gasteiger partial charge in [0.15, 0.2) is 0 Å². The largest absolute Gasteiger partial charge is 3.00 e. The summed E-state index contributed by atoms with van der Waals surface area (Å²) in [5, 5.41) is 0. The standard InChI is InChI=1S/C9H13.2FH.Zr/c1-6-5-7(2)9(4)8(6)3;;;/h6H,1-4H3;2*1H;/q-1;;;+3/p-2. The van der Waals surface area contributed by atoms with E-state index in [1.54, 1.807) is 0 Å². The van der Waals surface area contributed by atoms with Crippen molar-refractivity contribution < 1.29 is 35.6 Å². The van der Waals surface area contributed by atoms with E-state index in [0.717, 1.165) is 0 Å². The molecule has 0 spiro atoms. The predicted molar refractivity (Wildman–Crippen MR) is 40.0 cm³/mol. The van der Waals surface area contributed by atoms with E-state index < -0.39 is 0 Å². The van der Waals surface area contributed by atoms with Gasteiger partial charge in [0.2, 0.25) is 0 Å². The summed E-state index contributed by atoms with van der Waals surface area (Å²) in [7, 11) is 0.